The van der Waals surface area contributed by atoms with Gasteiger partial charge in [-0.25, -0.2) is 0 Å². The quantitative estimate of drug-likeness (QED) is 0.762. The van der Waals surface area contributed by atoms with Gasteiger partial charge in [-0.3, -0.25) is 4.98 Å². The molecule has 1 saturated carbocycles. The van der Waals surface area contributed by atoms with Crippen molar-refractivity contribution in [2.24, 2.45) is 0 Å². The van der Waals surface area contributed by atoms with Gasteiger partial charge in [-0.1, -0.05) is 43.8 Å². The second-order valence-electron chi connectivity index (χ2n) is 7.74. The van der Waals surface area contributed by atoms with Crippen LogP contribution in [0.15, 0.2) is 43.0 Å². The lowest BCUT2D eigenvalue weighted by Crippen LogP contribution is -2.10. The fourth-order valence-electron chi connectivity index (χ4n) is 4.05. The van der Waals surface area contributed by atoms with Crippen LogP contribution >= 0.6 is 0 Å². The lowest BCUT2D eigenvalue weighted by Gasteiger charge is -2.17. The van der Waals surface area contributed by atoms with E-state index in [4.69, 9.17) is 4.98 Å². The molecule has 0 saturated heterocycles. The zero-order valence-electron chi connectivity index (χ0n) is 16.1. The zero-order valence-corrected chi connectivity index (χ0v) is 16.1. The van der Waals surface area contributed by atoms with Crippen molar-refractivity contribution in [2.75, 3.05) is 6.54 Å². The Morgan fingerprint density at radius 3 is 2.69 bits per heavy atom. The molecule has 1 aliphatic heterocycles. The summed E-state index contributed by atoms with van der Waals surface area (Å²) in [6, 6.07) is 11.3. The number of nitrogens with one attached hydrogen (secondary N) is 1. The van der Waals surface area contributed by atoms with Crippen LogP contribution in [0.5, 0.6) is 0 Å². The van der Waals surface area contributed by atoms with Crippen molar-refractivity contribution in [2.45, 2.75) is 51.9 Å². The van der Waals surface area contributed by atoms with Gasteiger partial charge in [-0.2, -0.15) is 0 Å². The van der Waals surface area contributed by atoms with Gasteiger partial charge >= 0.3 is 0 Å². The van der Waals surface area contributed by atoms with Crippen LogP contribution in [-0.2, 0) is 0 Å². The average molecular weight is 345 g/mol. The van der Waals surface area contributed by atoms with Crippen LogP contribution in [0.1, 0.15) is 78.6 Å². The minimum atomic E-state index is 0.534. The van der Waals surface area contributed by atoms with Crippen molar-refractivity contribution in [3.63, 3.8) is 0 Å². The molecule has 1 unspecified atom stereocenters. The molecule has 1 N–H and O–H groups in total. The Bertz CT molecular complexity index is 887. The summed E-state index contributed by atoms with van der Waals surface area (Å²) in [6.07, 6.45) is 5.94. The highest BCUT2D eigenvalue weighted by Gasteiger charge is 2.25. The number of aryl methyl sites for hydroxylation is 1. The molecule has 0 bridgehead atoms. The van der Waals surface area contributed by atoms with Crippen LogP contribution < -0.4 is 5.32 Å². The zero-order chi connectivity index (χ0) is 18.3. The first-order chi connectivity index (χ1) is 12.6. The SMILES string of the molecule is C=C1NCCC(C)c2cc(/C(=C/C)c3ccc(C4CC4)nc3C)ccc21. The van der Waals surface area contributed by atoms with Crippen molar-refractivity contribution < 1.29 is 0 Å². The number of hydrogen-bond acceptors (Lipinski definition) is 2. The largest absolute Gasteiger partial charge is 0.385 e. The number of allylic oxidation sites excluding steroid dienone is 1. The van der Waals surface area contributed by atoms with Gasteiger partial charge in [-0.15, -0.1) is 0 Å². The monoisotopic (exact) mass is 344 g/mol. The maximum Gasteiger partial charge on any atom is 0.0454 e. The van der Waals surface area contributed by atoms with Gasteiger partial charge in [0, 0.05) is 40.7 Å². The Balaban J connectivity index is 1.75. The van der Waals surface area contributed by atoms with E-state index in [-0.39, 0.29) is 0 Å². The molecule has 2 nitrogen and oxygen atoms in total. The maximum absolute atomic E-state index is 4.89. The molecule has 1 atom stereocenters. The number of rotatable bonds is 3. The molecular weight excluding hydrogens is 316 g/mol. The molecule has 134 valence electrons. The molecule has 0 spiro atoms. The van der Waals surface area contributed by atoms with Crippen LogP contribution in [0.4, 0.5) is 0 Å². The summed E-state index contributed by atoms with van der Waals surface area (Å²) in [7, 11) is 0. The maximum atomic E-state index is 4.89. The molecule has 1 fully saturated rings. The summed E-state index contributed by atoms with van der Waals surface area (Å²) in [5, 5.41) is 3.44. The number of fused-ring (bicyclic) bond motifs is 1. The second kappa shape index (κ2) is 6.75. The van der Waals surface area contributed by atoms with E-state index in [1.807, 2.05) is 0 Å². The summed E-state index contributed by atoms with van der Waals surface area (Å²) < 4.78 is 0. The van der Waals surface area contributed by atoms with E-state index < -0.39 is 0 Å². The van der Waals surface area contributed by atoms with Gasteiger partial charge in [0.2, 0.25) is 0 Å². The molecule has 1 aromatic carbocycles. The molecule has 2 aliphatic rings. The van der Waals surface area contributed by atoms with E-state index in [1.54, 1.807) is 0 Å². The standard InChI is InChI=1S/C24H28N2/c1-5-20(22-10-11-24(18-6-7-18)26-17(22)4)19-8-9-21-16(3)25-13-12-15(2)23(21)14-19/h5,8-11,14-15,18,25H,3,6-7,12-13H2,1-2,4H3/b20-5-. The highest BCUT2D eigenvalue weighted by atomic mass is 14.9. The van der Waals surface area contributed by atoms with Crippen molar-refractivity contribution in [3.05, 3.63) is 76.6 Å². The third-order valence-corrected chi connectivity index (χ3v) is 5.82. The molecular formula is C24H28N2. The Kier molecular flexibility index (Phi) is 4.44. The van der Waals surface area contributed by atoms with Crippen molar-refractivity contribution in [1.82, 2.24) is 10.3 Å². The molecule has 1 aliphatic carbocycles. The van der Waals surface area contributed by atoms with E-state index in [0.29, 0.717) is 11.8 Å². The predicted octanol–water partition coefficient (Wildman–Crippen LogP) is 5.79. The van der Waals surface area contributed by atoms with Gasteiger partial charge in [0.05, 0.1) is 0 Å². The molecule has 0 amide bonds. The smallest absolute Gasteiger partial charge is 0.0454 e. The van der Waals surface area contributed by atoms with Gasteiger partial charge in [0.1, 0.15) is 0 Å². The fraction of sp³-hybridized carbons (Fsp3) is 0.375. The summed E-state index contributed by atoms with van der Waals surface area (Å²) in [6.45, 7) is 11.8. The average Bonchev–Trinajstić information content (AvgIpc) is 3.48. The van der Waals surface area contributed by atoms with Crippen LogP contribution in [0, 0.1) is 6.92 Å². The summed E-state index contributed by atoms with van der Waals surface area (Å²) >= 11 is 0. The molecule has 2 heteroatoms. The molecule has 1 aromatic heterocycles. The van der Waals surface area contributed by atoms with Gasteiger partial charge in [0.25, 0.3) is 0 Å². The van der Waals surface area contributed by atoms with Crippen molar-refractivity contribution in [1.29, 1.82) is 0 Å². The Morgan fingerprint density at radius 1 is 1.19 bits per heavy atom. The lowest BCUT2D eigenvalue weighted by atomic mass is 9.88. The number of pyridine rings is 1. The Morgan fingerprint density at radius 2 is 2.00 bits per heavy atom. The van der Waals surface area contributed by atoms with E-state index >= 15 is 0 Å². The molecule has 26 heavy (non-hydrogen) atoms. The number of aromatic nitrogens is 1. The number of benzene rings is 1. The first-order valence-corrected chi connectivity index (χ1v) is 9.80. The highest BCUT2D eigenvalue weighted by Crippen LogP contribution is 2.40. The fourth-order valence-corrected chi connectivity index (χ4v) is 4.05. The molecule has 0 radical (unpaired) electrons. The Hall–Kier alpha value is -2.35. The third-order valence-electron chi connectivity index (χ3n) is 5.82. The topological polar surface area (TPSA) is 24.9 Å². The van der Waals surface area contributed by atoms with Gasteiger partial charge in [-0.05, 0) is 61.8 Å². The van der Waals surface area contributed by atoms with E-state index in [2.05, 4.69) is 69.1 Å². The molecule has 2 heterocycles. The van der Waals surface area contributed by atoms with E-state index in [0.717, 1.165) is 24.4 Å². The second-order valence-corrected chi connectivity index (χ2v) is 7.74. The highest BCUT2D eigenvalue weighted by molar-refractivity contribution is 5.82. The van der Waals surface area contributed by atoms with Crippen LogP contribution in [0.25, 0.3) is 11.3 Å². The van der Waals surface area contributed by atoms with Crippen LogP contribution in [0.2, 0.25) is 0 Å². The summed E-state index contributed by atoms with van der Waals surface area (Å²) in [4.78, 5) is 4.89. The summed E-state index contributed by atoms with van der Waals surface area (Å²) in [5.74, 6) is 1.23. The lowest BCUT2D eigenvalue weighted by molar-refractivity contribution is 0.672. The van der Waals surface area contributed by atoms with Crippen LogP contribution in [0.3, 0.4) is 0 Å². The summed E-state index contributed by atoms with van der Waals surface area (Å²) in [5.41, 5.74) is 9.90. The minimum absolute atomic E-state index is 0.534. The van der Waals surface area contributed by atoms with Gasteiger partial charge in [0.15, 0.2) is 0 Å². The van der Waals surface area contributed by atoms with Crippen molar-refractivity contribution >= 4 is 11.3 Å². The van der Waals surface area contributed by atoms with Crippen molar-refractivity contribution in [3.8, 4) is 0 Å². The van der Waals surface area contributed by atoms with E-state index in [9.17, 15) is 0 Å². The number of nitrogens with zero attached hydrogens (tertiary/aromatic N) is 1. The van der Waals surface area contributed by atoms with Gasteiger partial charge < -0.3 is 5.32 Å². The molecule has 4 rings (SSSR count). The first kappa shape index (κ1) is 17.1. The minimum Gasteiger partial charge on any atom is -0.385 e. The molecule has 2 aromatic rings. The first-order valence-electron chi connectivity index (χ1n) is 9.80. The third kappa shape index (κ3) is 3.09. The Labute approximate surface area is 157 Å². The number of hydrogen-bond donors (Lipinski definition) is 1. The predicted molar refractivity (Wildman–Crippen MR) is 110 cm³/mol. The van der Waals surface area contributed by atoms with Crippen LogP contribution in [-0.4, -0.2) is 11.5 Å². The van der Waals surface area contributed by atoms with E-state index in [1.165, 1.54) is 46.4 Å². The normalized spacial score (nSPS) is 20.3.